The number of esters is 1. The Hall–Kier alpha value is -1.75. The first-order valence-corrected chi connectivity index (χ1v) is 7.75. The second kappa shape index (κ2) is 6.57. The molecule has 0 bridgehead atoms. The lowest BCUT2D eigenvalue weighted by Gasteiger charge is -2.39. The third kappa shape index (κ3) is 4.13. The molecule has 5 nitrogen and oxygen atoms in total. The van der Waals surface area contributed by atoms with Gasteiger partial charge in [0.15, 0.2) is 0 Å². The zero-order valence-corrected chi connectivity index (χ0v) is 14.1. The van der Waals surface area contributed by atoms with Gasteiger partial charge in [0.2, 0.25) is 0 Å². The minimum atomic E-state index is -0.353. The molecule has 0 aromatic heterocycles. The number of hydrogen-bond donors (Lipinski definition) is 1. The Bertz CT molecular complexity index is 529. The van der Waals surface area contributed by atoms with Gasteiger partial charge in [-0.1, -0.05) is 20.8 Å². The van der Waals surface area contributed by atoms with Crippen molar-refractivity contribution in [1.29, 1.82) is 0 Å². The SMILES string of the molecule is COC(=O)c1ccc(N2CCN(CC(C)(C)C)CC2)c(N)c1. The van der Waals surface area contributed by atoms with Crippen LogP contribution in [0.3, 0.4) is 0 Å². The normalized spacial score (nSPS) is 16.6. The summed E-state index contributed by atoms with van der Waals surface area (Å²) in [6.07, 6.45) is 0. The predicted molar refractivity (Wildman–Crippen MR) is 90.3 cm³/mol. The van der Waals surface area contributed by atoms with E-state index in [1.54, 1.807) is 12.1 Å². The van der Waals surface area contributed by atoms with Gasteiger partial charge in [-0.25, -0.2) is 4.79 Å². The van der Waals surface area contributed by atoms with E-state index in [1.807, 2.05) is 6.07 Å². The van der Waals surface area contributed by atoms with Crippen LogP contribution in [0.5, 0.6) is 0 Å². The Kier molecular flexibility index (Phi) is 4.96. The molecule has 1 aliphatic rings. The van der Waals surface area contributed by atoms with Crippen LogP contribution < -0.4 is 10.6 Å². The van der Waals surface area contributed by atoms with Gasteiger partial charge in [-0.3, -0.25) is 4.90 Å². The molecule has 1 heterocycles. The number of benzene rings is 1. The summed E-state index contributed by atoms with van der Waals surface area (Å²) >= 11 is 0. The van der Waals surface area contributed by atoms with E-state index < -0.39 is 0 Å². The summed E-state index contributed by atoms with van der Waals surface area (Å²) in [6.45, 7) is 11.9. The van der Waals surface area contributed by atoms with Crippen LogP contribution in [0.2, 0.25) is 0 Å². The van der Waals surface area contributed by atoms with Crippen molar-refractivity contribution in [2.45, 2.75) is 20.8 Å². The van der Waals surface area contributed by atoms with Crippen molar-refractivity contribution in [3.63, 3.8) is 0 Å². The molecule has 1 saturated heterocycles. The second-order valence-electron chi connectivity index (χ2n) is 7.09. The maximum atomic E-state index is 11.5. The van der Waals surface area contributed by atoms with E-state index in [4.69, 9.17) is 10.5 Å². The minimum Gasteiger partial charge on any atom is -0.465 e. The summed E-state index contributed by atoms with van der Waals surface area (Å²) in [4.78, 5) is 16.3. The number of nitrogen functional groups attached to an aromatic ring is 1. The molecule has 0 radical (unpaired) electrons. The lowest BCUT2D eigenvalue weighted by Crippen LogP contribution is -2.48. The largest absolute Gasteiger partial charge is 0.465 e. The number of anilines is 2. The zero-order valence-electron chi connectivity index (χ0n) is 14.1. The van der Waals surface area contributed by atoms with Gasteiger partial charge in [-0.15, -0.1) is 0 Å². The van der Waals surface area contributed by atoms with Gasteiger partial charge in [0.25, 0.3) is 0 Å². The molecule has 2 rings (SSSR count). The van der Waals surface area contributed by atoms with Gasteiger partial charge in [-0.05, 0) is 23.6 Å². The smallest absolute Gasteiger partial charge is 0.337 e. The number of carbonyl (C=O) groups excluding carboxylic acids is 1. The molecule has 122 valence electrons. The number of carbonyl (C=O) groups is 1. The van der Waals surface area contributed by atoms with Gasteiger partial charge >= 0.3 is 5.97 Å². The molecule has 5 heteroatoms. The van der Waals surface area contributed by atoms with E-state index in [0.717, 1.165) is 38.4 Å². The molecular formula is C17H27N3O2. The van der Waals surface area contributed by atoms with Gasteiger partial charge in [0.05, 0.1) is 24.0 Å². The standard InChI is InChI=1S/C17H27N3O2/c1-17(2,3)12-19-7-9-20(10-8-19)15-6-5-13(11-14(15)18)16(21)22-4/h5-6,11H,7-10,12,18H2,1-4H3. The van der Waals surface area contributed by atoms with Crippen LogP contribution in [0.15, 0.2) is 18.2 Å². The number of piperazine rings is 1. The molecule has 0 saturated carbocycles. The fourth-order valence-corrected chi connectivity index (χ4v) is 2.91. The van der Waals surface area contributed by atoms with Crippen molar-refractivity contribution in [3.8, 4) is 0 Å². The van der Waals surface area contributed by atoms with Crippen LogP contribution in [-0.4, -0.2) is 50.7 Å². The summed E-state index contributed by atoms with van der Waals surface area (Å²) in [7, 11) is 1.38. The van der Waals surface area contributed by atoms with Gasteiger partial charge < -0.3 is 15.4 Å². The van der Waals surface area contributed by atoms with Crippen LogP contribution >= 0.6 is 0 Å². The number of rotatable bonds is 3. The second-order valence-corrected chi connectivity index (χ2v) is 7.09. The number of ether oxygens (including phenoxy) is 1. The Morgan fingerprint density at radius 1 is 1.23 bits per heavy atom. The average molecular weight is 305 g/mol. The number of methoxy groups -OCH3 is 1. The Morgan fingerprint density at radius 2 is 1.86 bits per heavy atom. The number of nitrogens with two attached hydrogens (primary N) is 1. The predicted octanol–water partition coefficient (Wildman–Crippen LogP) is 2.22. The first kappa shape index (κ1) is 16.6. The summed E-state index contributed by atoms with van der Waals surface area (Å²) in [5.41, 5.74) is 8.57. The maximum Gasteiger partial charge on any atom is 0.337 e. The minimum absolute atomic E-state index is 0.323. The first-order chi connectivity index (χ1) is 10.3. The lowest BCUT2D eigenvalue weighted by atomic mass is 9.96. The van der Waals surface area contributed by atoms with Crippen molar-refractivity contribution >= 4 is 17.3 Å². The summed E-state index contributed by atoms with van der Waals surface area (Å²) < 4.78 is 4.72. The lowest BCUT2D eigenvalue weighted by molar-refractivity contribution is 0.0601. The molecule has 0 unspecified atom stereocenters. The molecule has 1 aliphatic heterocycles. The Morgan fingerprint density at radius 3 is 2.36 bits per heavy atom. The first-order valence-electron chi connectivity index (χ1n) is 7.75. The fourth-order valence-electron chi connectivity index (χ4n) is 2.91. The van der Waals surface area contributed by atoms with Crippen LogP contribution in [0.4, 0.5) is 11.4 Å². The van der Waals surface area contributed by atoms with E-state index in [9.17, 15) is 4.79 Å². The van der Waals surface area contributed by atoms with Crippen LogP contribution in [0.25, 0.3) is 0 Å². The highest BCUT2D eigenvalue weighted by Crippen LogP contribution is 2.26. The van der Waals surface area contributed by atoms with Crippen LogP contribution in [-0.2, 0) is 4.74 Å². The molecular weight excluding hydrogens is 278 g/mol. The van der Waals surface area contributed by atoms with Crippen molar-refractivity contribution < 1.29 is 9.53 Å². The molecule has 1 aromatic rings. The summed E-state index contributed by atoms with van der Waals surface area (Å²) in [6, 6.07) is 5.39. The summed E-state index contributed by atoms with van der Waals surface area (Å²) in [5.74, 6) is -0.353. The van der Waals surface area contributed by atoms with Crippen LogP contribution in [0, 0.1) is 5.41 Å². The highest BCUT2D eigenvalue weighted by Gasteiger charge is 2.22. The van der Waals surface area contributed by atoms with Crippen molar-refractivity contribution in [1.82, 2.24) is 4.90 Å². The summed E-state index contributed by atoms with van der Waals surface area (Å²) in [5, 5.41) is 0. The van der Waals surface area contributed by atoms with Gasteiger partial charge in [0.1, 0.15) is 0 Å². The van der Waals surface area contributed by atoms with Gasteiger partial charge in [-0.2, -0.15) is 0 Å². The van der Waals surface area contributed by atoms with E-state index in [0.29, 0.717) is 16.7 Å². The highest BCUT2D eigenvalue weighted by atomic mass is 16.5. The molecule has 1 fully saturated rings. The average Bonchev–Trinajstić information content (AvgIpc) is 2.46. The van der Waals surface area contributed by atoms with Crippen molar-refractivity contribution in [2.24, 2.45) is 5.41 Å². The van der Waals surface area contributed by atoms with Crippen molar-refractivity contribution in [3.05, 3.63) is 23.8 Å². The van der Waals surface area contributed by atoms with E-state index in [-0.39, 0.29) is 5.97 Å². The van der Waals surface area contributed by atoms with Crippen molar-refractivity contribution in [2.75, 3.05) is 50.5 Å². The van der Waals surface area contributed by atoms with Gasteiger partial charge in [0, 0.05) is 32.7 Å². The molecule has 2 N–H and O–H groups in total. The van der Waals surface area contributed by atoms with E-state index in [2.05, 4.69) is 30.6 Å². The van der Waals surface area contributed by atoms with E-state index >= 15 is 0 Å². The number of nitrogens with zero attached hydrogens (tertiary/aromatic N) is 2. The molecule has 0 spiro atoms. The molecule has 22 heavy (non-hydrogen) atoms. The highest BCUT2D eigenvalue weighted by molar-refractivity contribution is 5.92. The Balaban J connectivity index is 2.01. The maximum absolute atomic E-state index is 11.5. The fraction of sp³-hybridized carbons (Fsp3) is 0.588. The molecule has 0 atom stereocenters. The Labute approximate surface area is 133 Å². The third-order valence-electron chi connectivity index (χ3n) is 3.86. The molecule has 0 aliphatic carbocycles. The van der Waals surface area contributed by atoms with E-state index in [1.165, 1.54) is 7.11 Å². The zero-order chi connectivity index (χ0) is 16.3. The topological polar surface area (TPSA) is 58.8 Å². The van der Waals surface area contributed by atoms with Crippen LogP contribution in [0.1, 0.15) is 31.1 Å². The monoisotopic (exact) mass is 305 g/mol. The number of hydrogen-bond acceptors (Lipinski definition) is 5. The molecule has 0 amide bonds. The third-order valence-corrected chi connectivity index (χ3v) is 3.86. The quantitative estimate of drug-likeness (QED) is 0.685. The molecule has 1 aromatic carbocycles.